The van der Waals surface area contributed by atoms with Crippen LogP contribution < -0.4 is 0 Å². The van der Waals surface area contributed by atoms with Crippen molar-refractivity contribution in [2.75, 3.05) is 0 Å². The van der Waals surface area contributed by atoms with Gasteiger partial charge in [0.15, 0.2) is 0 Å². The van der Waals surface area contributed by atoms with Gasteiger partial charge >= 0.3 is 0 Å². The fraction of sp³-hybridized carbons (Fsp3) is 0.333. The molecule has 0 aromatic heterocycles. The van der Waals surface area contributed by atoms with Crippen LogP contribution in [0.25, 0.3) is 0 Å². The van der Waals surface area contributed by atoms with Crippen LogP contribution in [0.5, 0.6) is 0 Å². The minimum atomic E-state index is 0.0147. The lowest BCUT2D eigenvalue weighted by atomic mass is 9.92. The molecule has 0 nitrogen and oxygen atoms in total. The van der Waals surface area contributed by atoms with E-state index in [1.54, 1.807) is 0 Å². The first-order valence-electron chi connectivity index (χ1n) is 7.33. The highest BCUT2D eigenvalue weighted by molar-refractivity contribution is 6.42. The molecule has 108 valence electrons. The van der Waals surface area contributed by atoms with Gasteiger partial charge in [-0.15, -0.1) is 11.6 Å². The van der Waals surface area contributed by atoms with Crippen LogP contribution in [0.4, 0.5) is 0 Å². The van der Waals surface area contributed by atoms with Crippen LogP contribution in [-0.2, 0) is 6.42 Å². The maximum Gasteiger partial charge on any atom is 0.0622 e. The summed E-state index contributed by atoms with van der Waals surface area (Å²) in [6.07, 6.45) is 2.43. The van der Waals surface area contributed by atoms with Gasteiger partial charge in [-0.2, -0.15) is 0 Å². The van der Waals surface area contributed by atoms with E-state index >= 15 is 0 Å². The third-order valence-electron chi connectivity index (χ3n) is 4.99. The number of alkyl halides is 1. The monoisotopic (exact) mass is 336 g/mol. The fourth-order valence-corrected chi connectivity index (χ4v) is 4.71. The van der Waals surface area contributed by atoms with E-state index in [0.717, 1.165) is 11.5 Å². The van der Waals surface area contributed by atoms with Crippen LogP contribution in [0.15, 0.2) is 42.5 Å². The van der Waals surface area contributed by atoms with Crippen molar-refractivity contribution in [3.05, 3.63) is 69.2 Å². The minimum Gasteiger partial charge on any atom is -0.117 e. The molecule has 0 amide bonds. The largest absolute Gasteiger partial charge is 0.117 e. The molecule has 0 spiro atoms. The zero-order valence-corrected chi connectivity index (χ0v) is 13.7. The van der Waals surface area contributed by atoms with E-state index in [1.807, 2.05) is 18.2 Å². The Bertz CT molecular complexity index is 695. The summed E-state index contributed by atoms with van der Waals surface area (Å²) in [4.78, 5) is 0. The Kier molecular flexibility index (Phi) is 3.45. The molecular formula is C18H15Cl3. The molecule has 2 aliphatic carbocycles. The van der Waals surface area contributed by atoms with Crippen molar-refractivity contribution in [2.45, 2.75) is 24.1 Å². The molecule has 3 heteroatoms. The van der Waals surface area contributed by atoms with Crippen LogP contribution in [0.2, 0.25) is 10.0 Å². The highest BCUT2D eigenvalue weighted by Gasteiger charge is 2.56. The van der Waals surface area contributed by atoms with Gasteiger partial charge in [0.2, 0.25) is 0 Å². The van der Waals surface area contributed by atoms with E-state index in [0.29, 0.717) is 21.9 Å². The van der Waals surface area contributed by atoms with Crippen molar-refractivity contribution < 1.29 is 0 Å². The van der Waals surface area contributed by atoms with Gasteiger partial charge in [0.1, 0.15) is 0 Å². The lowest BCUT2D eigenvalue weighted by Crippen LogP contribution is -2.00. The van der Waals surface area contributed by atoms with E-state index in [9.17, 15) is 0 Å². The molecule has 4 unspecified atom stereocenters. The first-order valence-corrected chi connectivity index (χ1v) is 8.53. The summed E-state index contributed by atoms with van der Waals surface area (Å²) in [5.41, 5.74) is 4.09. The van der Waals surface area contributed by atoms with Gasteiger partial charge in [0.25, 0.3) is 0 Å². The smallest absolute Gasteiger partial charge is 0.0622 e. The molecule has 4 atom stereocenters. The minimum absolute atomic E-state index is 0.0147. The first kappa shape index (κ1) is 13.9. The molecule has 0 radical (unpaired) electrons. The Labute approximate surface area is 140 Å². The second-order valence-electron chi connectivity index (χ2n) is 6.08. The van der Waals surface area contributed by atoms with E-state index in [4.69, 9.17) is 34.8 Å². The summed E-state index contributed by atoms with van der Waals surface area (Å²) >= 11 is 18.9. The summed E-state index contributed by atoms with van der Waals surface area (Å²) in [6, 6.07) is 14.6. The number of fused-ring (bicyclic) bond motifs is 3. The van der Waals surface area contributed by atoms with Crippen LogP contribution in [0, 0.1) is 11.8 Å². The van der Waals surface area contributed by atoms with Gasteiger partial charge in [-0.3, -0.25) is 0 Å². The number of halogens is 3. The van der Waals surface area contributed by atoms with E-state index in [-0.39, 0.29) is 5.38 Å². The third-order valence-corrected chi connectivity index (χ3v) is 6.27. The molecule has 0 saturated heterocycles. The molecule has 0 N–H and O–H groups in total. The lowest BCUT2D eigenvalue weighted by Gasteiger charge is -2.13. The van der Waals surface area contributed by atoms with Crippen LogP contribution >= 0.6 is 34.8 Å². The van der Waals surface area contributed by atoms with Crippen molar-refractivity contribution in [2.24, 2.45) is 11.8 Å². The third kappa shape index (κ3) is 2.29. The standard InChI is InChI=1S/C18H15Cl3/c19-14-8-6-11(9-15(14)20)18(21)17-13-7-5-10-3-1-2-4-12(10)16(13)17/h1-4,6,8-9,13,16-18H,5,7H2. The summed E-state index contributed by atoms with van der Waals surface area (Å²) in [7, 11) is 0. The molecule has 0 aliphatic heterocycles. The Hall–Kier alpha value is -0.690. The average Bonchev–Trinajstić information content (AvgIpc) is 3.24. The number of hydrogen-bond donors (Lipinski definition) is 0. The topological polar surface area (TPSA) is 0 Å². The molecule has 2 aromatic carbocycles. The van der Waals surface area contributed by atoms with Gasteiger partial charge < -0.3 is 0 Å². The van der Waals surface area contributed by atoms with Gasteiger partial charge in [0, 0.05) is 0 Å². The van der Waals surface area contributed by atoms with E-state index < -0.39 is 0 Å². The van der Waals surface area contributed by atoms with Crippen LogP contribution in [0.3, 0.4) is 0 Å². The normalized spacial score (nSPS) is 27.7. The Balaban J connectivity index is 1.63. The molecule has 2 aromatic rings. The molecule has 0 bridgehead atoms. The Morgan fingerprint density at radius 2 is 1.81 bits per heavy atom. The molecule has 2 aliphatic rings. The number of rotatable bonds is 2. The van der Waals surface area contributed by atoms with E-state index in [2.05, 4.69) is 24.3 Å². The van der Waals surface area contributed by atoms with Crippen molar-refractivity contribution in [3.8, 4) is 0 Å². The predicted molar refractivity (Wildman–Crippen MR) is 89.5 cm³/mol. The molecule has 4 rings (SSSR count). The Morgan fingerprint density at radius 3 is 2.62 bits per heavy atom. The van der Waals surface area contributed by atoms with Crippen LogP contribution in [0.1, 0.15) is 34.4 Å². The summed E-state index contributed by atoms with van der Waals surface area (Å²) in [6.45, 7) is 0. The maximum absolute atomic E-state index is 6.77. The van der Waals surface area contributed by atoms with Crippen LogP contribution in [-0.4, -0.2) is 0 Å². The maximum atomic E-state index is 6.77. The van der Waals surface area contributed by atoms with E-state index in [1.165, 1.54) is 24.0 Å². The molecular weight excluding hydrogens is 323 g/mol. The second kappa shape index (κ2) is 5.19. The number of benzene rings is 2. The quantitative estimate of drug-likeness (QED) is 0.568. The first-order chi connectivity index (χ1) is 10.2. The van der Waals surface area contributed by atoms with Gasteiger partial charge in [-0.25, -0.2) is 0 Å². The summed E-state index contributed by atoms with van der Waals surface area (Å²) < 4.78 is 0. The van der Waals surface area contributed by atoms with Crippen molar-refractivity contribution in [3.63, 3.8) is 0 Å². The summed E-state index contributed by atoms with van der Waals surface area (Å²) in [5, 5.41) is 1.19. The molecule has 1 fully saturated rings. The molecule has 0 heterocycles. The zero-order chi connectivity index (χ0) is 14.6. The zero-order valence-electron chi connectivity index (χ0n) is 11.4. The SMILES string of the molecule is Clc1ccc(C(Cl)C2C3CCc4ccccc4C32)cc1Cl. The average molecular weight is 338 g/mol. The number of hydrogen-bond acceptors (Lipinski definition) is 0. The van der Waals surface area contributed by atoms with Gasteiger partial charge in [-0.05, 0) is 59.4 Å². The molecule has 21 heavy (non-hydrogen) atoms. The summed E-state index contributed by atoms with van der Waals surface area (Å²) in [5.74, 6) is 1.86. The van der Waals surface area contributed by atoms with Gasteiger partial charge in [0.05, 0.1) is 15.4 Å². The van der Waals surface area contributed by atoms with Crippen molar-refractivity contribution in [1.29, 1.82) is 0 Å². The molecule has 1 saturated carbocycles. The highest BCUT2D eigenvalue weighted by Crippen LogP contribution is 2.65. The number of aryl methyl sites for hydroxylation is 1. The second-order valence-corrected chi connectivity index (χ2v) is 7.36. The van der Waals surface area contributed by atoms with Gasteiger partial charge in [-0.1, -0.05) is 53.5 Å². The van der Waals surface area contributed by atoms with Crippen molar-refractivity contribution >= 4 is 34.8 Å². The fourth-order valence-electron chi connectivity index (χ4n) is 3.92. The predicted octanol–water partition coefficient (Wildman–Crippen LogP) is 6.25. The highest BCUT2D eigenvalue weighted by atomic mass is 35.5. The van der Waals surface area contributed by atoms with Crippen molar-refractivity contribution in [1.82, 2.24) is 0 Å². The Morgan fingerprint density at radius 1 is 1.00 bits per heavy atom. The lowest BCUT2D eigenvalue weighted by molar-refractivity contribution is 0.622.